The molecule has 1 N–H and O–H groups in total. The Morgan fingerprint density at radius 2 is 1.63 bits per heavy atom. The molecule has 6 heteroatoms. The summed E-state index contributed by atoms with van der Waals surface area (Å²) in [5.41, 5.74) is 3.97. The SMILES string of the molecule is COc1cc(-c2cnc(-c3ccc4ccn(C)c4c3)[nH]2)cc(OC)c1OC. The van der Waals surface area contributed by atoms with Crippen LogP contribution >= 0.6 is 0 Å². The van der Waals surface area contributed by atoms with Crippen molar-refractivity contribution >= 4 is 10.9 Å². The van der Waals surface area contributed by atoms with Crippen molar-refractivity contribution in [2.45, 2.75) is 0 Å². The smallest absolute Gasteiger partial charge is 0.203 e. The van der Waals surface area contributed by atoms with Gasteiger partial charge in [0.05, 0.1) is 33.2 Å². The van der Waals surface area contributed by atoms with Gasteiger partial charge < -0.3 is 23.8 Å². The van der Waals surface area contributed by atoms with E-state index in [-0.39, 0.29) is 0 Å². The fraction of sp³-hybridized carbons (Fsp3) is 0.190. The molecule has 2 heterocycles. The molecule has 27 heavy (non-hydrogen) atoms. The lowest BCUT2D eigenvalue weighted by Gasteiger charge is -2.13. The number of rotatable bonds is 5. The van der Waals surface area contributed by atoms with E-state index in [1.807, 2.05) is 25.4 Å². The maximum atomic E-state index is 5.44. The van der Waals surface area contributed by atoms with Gasteiger partial charge in [-0.05, 0) is 29.7 Å². The second kappa shape index (κ2) is 6.72. The van der Waals surface area contributed by atoms with Crippen LogP contribution in [0.5, 0.6) is 17.2 Å². The number of nitrogens with zero attached hydrogens (tertiary/aromatic N) is 2. The van der Waals surface area contributed by atoms with Crippen LogP contribution in [0.4, 0.5) is 0 Å². The third kappa shape index (κ3) is 2.89. The summed E-state index contributed by atoms with van der Waals surface area (Å²) < 4.78 is 18.4. The van der Waals surface area contributed by atoms with Crippen LogP contribution in [0.2, 0.25) is 0 Å². The van der Waals surface area contributed by atoms with Gasteiger partial charge >= 0.3 is 0 Å². The fourth-order valence-electron chi connectivity index (χ4n) is 3.26. The molecule has 138 valence electrons. The summed E-state index contributed by atoms with van der Waals surface area (Å²) in [5.74, 6) is 2.58. The standard InChI is InChI=1S/C21H21N3O3/c1-24-8-7-13-5-6-14(9-17(13)24)21-22-12-16(23-21)15-10-18(25-2)20(27-4)19(11-15)26-3/h5-12H,1-4H3,(H,22,23). The van der Waals surface area contributed by atoms with Crippen LogP contribution < -0.4 is 14.2 Å². The predicted octanol–water partition coefficient (Wildman–Crippen LogP) is 4.26. The Bertz CT molecular complexity index is 1090. The highest BCUT2D eigenvalue weighted by Gasteiger charge is 2.15. The molecule has 4 rings (SSSR count). The summed E-state index contributed by atoms with van der Waals surface area (Å²) in [7, 11) is 6.84. The summed E-state index contributed by atoms with van der Waals surface area (Å²) in [4.78, 5) is 7.95. The first-order valence-electron chi connectivity index (χ1n) is 8.55. The van der Waals surface area contributed by atoms with Gasteiger partial charge in [-0.2, -0.15) is 0 Å². The minimum atomic E-state index is 0.567. The summed E-state index contributed by atoms with van der Waals surface area (Å²) in [6.07, 6.45) is 3.86. The maximum Gasteiger partial charge on any atom is 0.203 e. The van der Waals surface area contributed by atoms with Crippen molar-refractivity contribution in [1.82, 2.24) is 14.5 Å². The van der Waals surface area contributed by atoms with E-state index < -0.39 is 0 Å². The normalized spacial score (nSPS) is 11.0. The van der Waals surface area contributed by atoms with Crippen molar-refractivity contribution in [3.8, 4) is 39.9 Å². The highest BCUT2D eigenvalue weighted by Crippen LogP contribution is 2.41. The molecule has 4 aromatic rings. The highest BCUT2D eigenvalue weighted by molar-refractivity contribution is 5.84. The highest BCUT2D eigenvalue weighted by atomic mass is 16.5. The van der Waals surface area contributed by atoms with E-state index in [1.54, 1.807) is 21.3 Å². The number of ether oxygens (including phenoxy) is 3. The Labute approximate surface area is 157 Å². The van der Waals surface area contributed by atoms with Gasteiger partial charge in [0.1, 0.15) is 5.82 Å². The van der Waals surface area contributed by atoms with Gasteiger partial charge in [-0.25, -0.2) is 4.98 Å². The third-order valence-electron chi connectivity index (χ3n) is 4.71. The van der Waals surface area contributed by atoms with Crippen molar-refractivity contribution in [3.63, 3.8) is 0 Å². The van der Waals surface area contributed by atoms with Gasteiger partial charge in [0, 0.05) is 29.9 Å². The number of benzene rings is 2. The number of aromatic amines is 1. The van der Waals surface area contributed by atoms with E-state index in [9.17, 15) is 0 Å². The average Bonchev–Trinajstić information content (AvgIpc) is 3.34. The first kappa shape index (κ1) is 17.0. The summed E-state index contributed by atoms with van der Waals surface area (Å²) in [6, 6.07) is 12.2. The van der Waals surface area contributed by atoms with Crippen LogP contribution in [0.3, 0.4) is 0 Å². The Kier molecular flexibility index (Phi) is 4.24. The lowest BCUT2D eigenvalue weighted by atomic mass is 10.1. The van der Waals surface area contributed by atoms with Crippen LogP contribution in [0.25, 0.3) is 33.5 Å². The molecule has 0 saturated heterocycles. The molecule has 0 radical (unpaired) electrons. The van der Waals surface area contributed by atoms with Crippen molar-refractivity contribution in [2.75, 3.05) is 21.3 Å². The van der Waals surface area contributed by atoms with E-state index >= 15 is 0 Å². The molecule has 0 spiro atoms. The van der Waals surface area contributed by atoms with Gasteiger partial charge in [0.15, 0.2) is 11.5 Å². The largest absolute Gasteiger partial charge is 0.493 e. The van der Waals surface area contributed by atoms with Gasteiger partial charge in [-0.15, -0.1) is 0 Å². The van der Waals surface area contributed by atoms with Crippen molar-refractivity contribution in [1.29, 1.82) is 0 Å². The van der Waals surface area contributed by atoms with Gasteiger partial charge in [-0.1, -0.05) is 12.1 Å². The second-order valence-electron chi connectivity index (χ2n) is 6.26. The number of nitrogens with one attached hydrogen (secondary N) is 1. The first-order chi connectivity index (χ1) is 13.1. The number of imidazole rings is 1. The molecule has 0 bridgehead atoms. The monoisotopic (exact) mass is 363 g/mol. The van der Waals surface area contributed by atoms with Crippen molar-refractivity contribution < 1.29 is 14.2 Å². The van der Waals surface area contributed by atoms with E-state index in [4.69, 9.17) is 14.2 Å². The molecule has 6 nitrogen and oxygen atoms in total. The predicted molar refractivity (Wildman–Crippen MR) is 106 cm³/mol. The Balaban J connectivity index is 1.76. The molecule has 2 aromatic carbocycles. The fourth-order valence-corrected chi connectivity index (χ4v) is 3.26. The lowest BCUT2D eigenvalue weighted by Crippen LogP contribution is -1.95. The van der Waals surface area contributed by atoms with E-state index in [2.05, 4.69) is 45.0 Å². The summed E-state index contributed by atoms with van der Waals surface area (Å²) >= 11 is 0. The minimum Gasteiger partial charge on any atom is -0.493 e. The average molecular weight is 363 g/mol. The van der Waals surface area contributed by atoms with Gasteiger partial charge in [-0.3, -0.25) is 0 Å². The van der Waals surface area contributed by atoms with Crippen LogP contribution in [-0.4, -0.2) is 35.9 Å². The lowest BCUT2D eigenvalue weighted by molar-refractivity contribution is 0.324. The van der Waals surface area contributed by atoms with Gasteiger partial charge in [0.2, 0.25) is 5.75 Å². The molecule has 0 atom stereocenters. The topological polar surface area (TPSA) is 61.3 Å². The summed E-state index contributed by atoms with van der Waals surface area (Å²) in [6.45, 7) is 0. The quantitative estimate of drug-likeness (QED) is 0.575. The number of methoxy groups -OCH3 is 3. The van der Waals surface area contributed by atoms with Crippen LogP contribution in [0.1, 0.15) is 0 Å². The molecule has 0 saturated carbocycles. The molecular weight excluding hydrogens is 342 g/mol. The Morgan fingerprint density at radius 1 is 0.889 bits per heavy atom. The molecule has 0 aliphatic carbocycles. The maximum absolute atomic E-state index is 5.44. The van der Waals surface area contributed by atoms with Crippen LogP contribution in [0, 0.1) is 0 Å². The molecule has 0 aliphatic heterocycles. The Morgan fingerprint density at radius 3 is 2.30 bits per heavy atom. The molecule has 0 aliphatic rings. The van der Waals surface area contributed by atoms with E-state index in [1.165, 1.54) is 10.9 Å². The molecule has 0 amide bonds. The number of aromatic nitrogens is 3. The first-order valence-corrected chi connectivity index (χ1v) is 8.55. The zero-order chi connectivity index (χ0) is 19.0. The number of hydrogen-bond donors (Lipinski definition) is 1. The number of hydrogen-bond acceptors (Lipinski definition) is 4. The van der Waals surface area contributed by atoms with E-state index in [0.717, 1.165) is 22.6 Å². The molecule has 0 unspecified atom stereocenters. The Hall–Kier alpha value is -3.41. The minimum absolute atomic E-state index is 0.567. The number of H-pyrrole nitrogens is 1. The molecule has 2 aromatic heterocycles. The number of fused-ring (bicyclic) bond motifs is 1. The summed E-state index contributed by atoms with van der Waals surface area (Å²) in [5, 5.41) is 1.21. The van der Waals surface area contributed by atoms with Crippen molar-refractivity contribution in [3.05, 3.63) is 48.8 Å². The zero-order valence-electron chi connectivity index (χ0n) is 15.7. The number of aryl methyl sites for hydroxylation is 1. The third-order valence-corrected chi connectivity index (χ3v) is 4.71. The van der Waals surface area contributed by atoms with Crippen LogP contribution in [-0.2, 0) is 7.05 Å². The molecular formula is C21H21N3O3. The van der Waals surface area contributed by atoms with Gasteiger partial charge in [0.25, 0.3) is 0 Å². The zero-order valence-corrected chi connectivity index (χ0v) is 15.7. The molecule has 0 fully saturated rings. The van der Waals surface area contributed by atoms with Crippen molar-refractivity contribution in [2.24, 2.45) is 7.05 Å². The second-order valence-corrected chi connectivity index (χ2v) is 6.26. The van der Waals surface area contributed by atoms with E-state index in [0.29, 0.717) is 17.2 Å². The van der Waals surface area contributed by atoms with Crippen LogP contribution in [0.15, 0.2) is 48.8 Å².